The lowest BCUT2D eigenvalue weighted by molar-refractivity contribution is -0.129. The Morgan fingerprint density at radius 1 is 1.04 bits per heavy atom. The van der Waals surface area contributed by atoms with Gasteiger partial charge in [0.05, 0.1) is 0 Å². The molecule has 0 spiro atoms. The Labute approximate surface area is 137 Å². The van der Waals surface area contributed by atoms with Crippen molar-refractivity contribution < 1.29 is 9.90 Å². The van der Waals surface area contributed by atoms with Crippen molar-refractivity contribution in [3.05, 3.63) is 66.2 Å². The third-order valence-electron chi connectivity index (χ3n) is 3.78. The van der Waals surface area contributed by atoms with Gasteiger partial charge in [0, 0.05) is 25.8 Å². The predicted molar refractivity (Wildman–Crippen MR) is 93.4 cm³/mol. The fourth-order valence-corrected chi connectivity index (χ4v) is 2.38. The Balaban J connectivity index is 1.64. The molecule has 0 bridgehead atoms. The number of aliphatic hydroxyl groups is 1. The summed E-state index contributed by atoms with van der Waals surface area (Å²) in [5.41, 5.74) is 1.81. The molecule has 4 heteroatoms. The number of nitrogens with zero attached hydrogens (tertiary/aromatic N) is 1. The average Bonchev–Trinajstić information content (AvgIpc) is 2.62. The van der Waals surface area contributed by atoms with Crippen LogP contribution in [0, 0.1) is 0 Å². The highest BCUT2D eigenvalue weighted by Gasteiger charge is 2.15. The first-order valence-electron chi connectivity index (χ1n) is 7.95. The Hall–Kier alpha value is -2.33. The molecule has 1 atom stereocenters. The number of hydrogen-bond donors (Lipinski definition) is 2. The molecule has 1 unspecified atom stereocenters. The van der Waals surface area contributed by atoms with Crippen molar-refractivity contribution in [1.82, 2.24) is 5.32 Å². The Kier molecular flexibility index (Phi) is 6.63. The molecular weight excluding hydrogens is 288 g/mol. The van der Waals surface area contributed by atoms with E-state index in [-0.39, 0.29) is 5.91 Å². The fourth-order valence-electron chi connectivity index (χ4n) is 2.38. The molecule has 0 radical (unpaired) electrons. The molecule has 0 aliphatic rings. The minimum absolute atomic E-state index is 0.340. The van der Waals surface area contributed by atoms with Gasteiger partial charge in [0.1, 0.15) is 0 Å². The van der Waals surface area contributed by atoms with Crippen molar-refractivity contribution >= 4 is 11.6 Å². The van der Waals surface area contributed by atoms with Crippen molar-refractivity contribution in [3.63, 3.8) is 0 Å². The molecule has 2 aromatic carbocycles. The van der Waals surface area contributed by atoms with E-state index < -0.39 is 6.10 Å². The van der Waals surface area contributed by atoms with Gasteiger partial charge in [-0.25, -0.2) is 0 Å². The standard InChI is InChI=1S/C19H24N2O2/c1-21(17-12-6-3-7-13-17)15-9-8-14-20-19(23)18(22)16-10-4-2-5-11-16/h2-7,10-13,18,22H,8-9,14-15H2,1H3,(H,20,23). The highest BCUT2D eigenvalue weighted by atomic mass is 16.3. The largest absolute Gasteiger partial charge is 0.378 e. The SMILES string of the molecule is CN(CCCCNC(=O)C(O)c1ccccc1)c1ccccc1. The van der Waals surface area contributed by atoms with Crippen LogP contribution in [0.3, 0.4) is 0 Å². The molecule has 4 nitrogen and oxygen atoms in total. The van der Waals surface area contributed by atoms with Crippen molar-refractivity contribution in [2.75, 3.05) is 25.0 Å². The zero-order chi connectivity index (χ0) is 16.5. The molecule has 23 heavy (non-hydrogen) atoms. The summed E-state index contributed by atoms with van der Waals surface area (Å²) in [7, 11) is 2.06. The van der Waals surface area contributed by atoms with E-state index in [4.69, 9.17) is 0 Å². The smallest absolute Gasteiger partial charge is 0.253 e. The van der Waals surface area contributed by atoms with Gasteiger partial charge in [0.25, 0.3) is 5.91 Å². The van der Waals surface area contributed by atoms with Gasteiger partial charge in [-0.3, -0.25) is 4.79 Å². The average molecular weight is 312 g/mol. The van der Waals surface area contributed by atoms with Crippen molar-refractivity contribution in [1.29, 1.82) is 0 Å². The number of aliphatic hydroxyl groups excluding tert-OH is 1. The molecule has 2 N–H and O–H groups in total. The Bertz CT molecular complexity index is 587. The maximum Gasteiger partial charge on any atom is 0.253 e. The summed E-state index contributed by atoms with van der Waals surface area (Å²) >= 11 is 0. The normalized spacial score (nSPS) is 11.7. The molecule has 0 aromatic heterocycles. The number of unbranched alkanes of at least 4 members (excludes halogenated alkanes) is 1. The van der Waals surface area contributed by atoms with E-state index >= 15 is 0 Å². The monoisotopic (exact) mass is 312 g/mol. The second kappa shape index (κ2) is 8.96. The lowest BCUT2D eigenvalue weighted by Crippen LogP contribution is -2.30. The molecule has 0 aliphatic carbocycles. The first-order valence-corrected chi connectivity index (χ1v) is 7.95. The highest BCUT2D eigenvalue weighted by molar-refractivity contribution is 5.81. The zero-order valence-electron chi connectivity index (χ0n) is 13.5. The molecule has 0 heterocycles. The van der Waals surface area contributed by atoms with Crippen LogP contribution in [-0.4, -0.2) is 31.2 Å². The molecule has 0 saturated carbocycles. The maximum atomic E-state index is 11.9. The van der Waals surface area contributed by atoms with Crippen LogP contribution in [0.2, 0.25) is 0 Å². The topological polar surface area (TPSA) is 52.6 Å². The van der Waals surface area contributed by atoms with Crippen LogP contribution in [-0.2, 0) is 4.79 Å². The van der Waals surface area contributed by atoms with Gasteiger partial charge in [0.2, 0.25) is 0 Å². The summed E-state index contributed by atoms with van der Waals surface area (Å²) < 4.78 is 0. The summed E-state index contributed by atoms with van der Waals surface area (Å²) in [5.74, 6) is -0.340. The van der Waals surface area contributed by atoms with Crippen LogP contribution in [0.1, 0.15) is 24.5 Å². The quantitative estimate of drug-likeness (QED) is 0.737. The highest BCUT2D eigenvalue weighted by Crippen LogP contribution is 2.12. The van der Waals surface area contributed by atoms with Crippen LogP contribution in [0.4, 0.5) is 5.69 Å². The Morgan fingerprint density at radius 2 is 1.65 bits per heavy atom. The minimum atomic E-state index is -1.09. The van der Waals surface area contributed by atoms with E-state index in [1.807, 2.05) is 36.4 Å². The number of hydrogen-bond acceptors (Lipinski definition) is 3. The molecule has 2 rings (SSSR count). The maximum absolute atomic E-state index is 11.9. The summed E-state index contributed by atoms with van der Waals surface area (Å²) in [5, 5.41) is 12.7. The molecule has 0 fully saturated rings. The van der Waals surface area contributed by atoms with E-state index in [0.29, 0.717) is 12.1 Å². The number of rotatable bonds is 8. The fraction of sp³-hybridized carbons (Fsp3) is 0.316. The molecule has 0 aliphatic heterocycles. The minimum Gasteiger partial charge on any atom is -0.378 e. The summed E-state index contributed by atoms with van der Waals surface area (Å²) in [6.45, 7) is 1.51. The number of nitrogens with one attached hydrogen (secondary N) is 1. The van der Waals surface area contributed by atoms with Gasteiger partial charge in [-0.1, -0.05) is 48.5 Å². The van der Waals surface area contributed by atoms with Crippen molar-refractivity contribution in [2.45, 2.75) is 18.9 Å². The number of amides is 1. The second-order valence-electron chi connectivity index (χ2n) is 5.57. The van der Waals surface area contributed by atoms with Crippen molar-refractivity contribution in [2.24, 2.45) is 0 Å². The first-order chi connectivity index (χ1) is 11.2. The lowest BCUT2D eigenvalue weighted by atomic mass is 10.1. The van der Waals surface area contributed by atoms with Crippen LogP contribution in [0.15, 0.2) is 60.7 Å². The van der Waals surface area contributed by atoms with Crippen LogP contribution < -0.4 is 10.2 Å². The third kappa shape index (κ3) is 5.42. The van der Waals surface area contributed by atoms with Crippen LogP contribution >= 0.6 is 0 Å². The lowest BCUT2D eigenvalue weighted by Gasteiger charge is -2.19. The third-order valence-corrected chi connectivity index (χ3v) is 3.78. The van der Waals surface area contributed by atoms with E-state index in [9.17, 15) is 9.90 Å². The zero-order valence-corrected chi connectivity index (χ0v) is 13.5. The van der Waals surface area contributed by atoms with E-state index in [1.165, 1.54) is 5.69 Å². The first kappa shape index (κ1) is 17.0. The van der Waals surface area contributed by atoms with Crippen molar-refractivity contribution in [3.8, 4) is 0 Å². The number of carbonyl (C=O) groups is 1. The Morgan fingerprint density at radius 3 is 2.30 bits per heavy atom. The van der Waals surface area contributed by atoms with Gasteiger partial charge in [-0.15, -0.1) is 0 Å². The second-order valence-corrected chi connectivity index (χ2v) is 5.57. The molecule has 2 aromatic rings. The number of carbonyl (C=O) groups excluding carboxylic acids is 1. The van der Waals surface area contributed by atoms with Crippen LogP contribution in [0.5, 0.6) is 0 Å². The summed E-state index contributed by atoms with van der Waals surface area (Å²) in [4.78, 5) is 14.1. The summed E-state index contributed by atoms with van der Waals surface area (Å²) in [6, 6.07) is 19.2. The summed E-state index contributed by atoms with van der Waals surface area (Å²) in [6.07, 6.45) is 0.764. The van der Waals surface area contributed by atoms with Gasteiger partial charge >= 0.3 is 0 Å². The van der Waals surface area contributed by atoms with Crippen LogP contribution in [0.25, 0.3) is 0 Å². The van der Waals surface area contributed by atoms with Gasteiger partial charge < -0.3 is 15.3 Å². The predicted octanol–water partition coefficient (Wildman–Crippen LogP) is 2.75. The number of benzene rings is 2. The molecule has 122 valence electrons. The number of para-hydroxylation sites is 1. The van der Waals surface area contributed by atoms with Gasteiger partial charge in [-0.05, 0) is 30.5 Å². The van der Waals surface area contributed by atoms with E-state index in [0.717, 1.165) is 19.4 Å². The number of anilines is 1. The van der Waals surface area contributed by atoms with Gasteiger partial charge in [0.15, 0.2) is 6.10 Å². The van der Waals surface area contributed by atoms with Gasteiger partial charge in [-0.2, -0.15) is 0 Å². The molecule has 1 amide bonds. The molecule has 0 saturated heterocycles. The van der Waals surface area contributed by atoms with E-state index in [2.05, 4.69) is 29.4 Å². The van der Waals surface area contributed by atoms with E-state index in [1.54, 1.807) is 12.1 Å². The molecular formula is C19H24N2O2.